The summed E-state index contributed by atoms with van der Waals surface area (Å²) in [6, 6.07) is 20.8. The molecule has 0 bridgehead atoms. The fraction of sp³-hybridized carbons (Fsp3) is 0.160. The maximum Gasteiger partial charge on any atom is 0.263 e. The minimum atomic E-state index is -0.171. The predicted molar refractivity (Wildman–Crippen MR) is 133 cm³/mol. The van der Waals surface area contributed by atoms with Crippen LogP contribution in [0, 0.1) is 6.92 Å². The number of nitrogens with one attached hydrogen (secondary N) is 1. The molecule has 0 aliphatic carbocycles. The Morgan fingerprint density at radius 1 is 1.00 bits per heavy atom. The van der Waals surface area contributed by atoms with Gasteiger partial charge in [-0.2, -0.15) is 4.52 Å². The molecular weight excluding hydrogens is 464 g/mol. The zero-order chi connectivity index (χ0) is 24.2. The van der Waals surface area contributed by atoms with Crippen LogP contribution in [0.3, 0.4) is 0 Å². The van der Waals surface area contributed by atoms with Crippen molar-refractivity contribution in [3.05, 3.63) is 77.3 Å². The molecule has 9 nitrogen and oxygen atoms in total. The standard InChI is InChI=1S/C25H22N6O3S/c1-16-22(35-25(27-16)18-6-4-3-5-7-18)24(32)26-14-15-34-21-13-12-20-28-29-23(31(20)30-21)17-8-10-19(33-2)11-9-17/h3-13H,14-15H2,1-2H3,(H,26,32). The Hall–Kier alpha value is -4.31. The Labute approximate surface area is 205 Å². The van der Waals surface area contributed by atoms with Crippen molar-refractivity contribution in [2.75, 3.05) is 20.3 Å². The first-order chi connectivity index (χ1) is 17.1. The minimum absolute atomic E-state index is 0.171. The highest BCUT2D eigenvalue weighted by molar-refractivity contribution is 7.17. The maximum atomic E-state index is 12.7. The van der Waals surface area contributed by atoms with E-state index in [1.165, 1.54) is 11.3 Å². The van der Waals surface area contributed by atoms with Crippen LogP contribution in [0.5, 0.6) is 11.6 Å². The van der Waals surface area contributed by atoms with Crippen molar-refractivity contribution in [3.63, 3.8) is 0 Å². The smallest absolute Gasteiger partial charge is 0.263 e. The van der Waals surface area contributed by atoms with E-state index in [1.54, 1.807) is 23.8 Å². The highest BCUT2D eigenvalue weighted by Crippen LogP contribution is 2.27. The molecule has 5 rings (SSSR count). The second kappa shape index (κ2) is 9.90. The average Bonchev–Trinajstić information content (AvgIpc) is 3.50. The Morgan fingerprint density at radius 3 is 2.57 bits per heavy atom. The molecule has 0 aliphatic rings. The Morgan fingerprint density at radius 2 is 1.80 bits per heavy atom. The lowest BCUT2D eigenvalue weighted by Gasteiger charge is -2.07. The van der Waals surface area contributed by atoms with Crippen LogP contribution in [0.1, 0.15) is 15.4 Å². The van der Waals surface area contributed by atoms with Gasteiger partial charge in [0.05, 0.1) is 19.3 Å². The third-order valence-electron chi connectivity index (χ3n) is 5.25. The molecular formula is C25H22N6O3S. The van der Waals surface area contributed by atoms with Gasteiger partial charge in [-0.3, -0.25) is 4.79 Å². The molecule has 0 aliphatic heterocycles. The van der Waals surface area contributed by atoms with Gasteiger partial charge in [0, 0.05) is 17.2 Å². The molecule has 3 heterocycles. The molecule has 10 heteroatoms. The summed E-state index contributed by atoms with van der Waals surface area (Å²) < 4.78 is 12.6. The van der Waals surface area contributed by atoms with Crippen LogP contribution in [0.2, 0.25) is 0 Å². The summed E-state index contributed by atoms with van der Waals surface area (Å²) >= 11 is 1.38. The molecule has 0 fully saturated rings. The van der Waals surface area contributed by atoms with Crippen molar-refractivity contribution >= 4 is 22.9 Å². The van der Waals surface area contributed by atoms with E-state index in [4.69, 9.17) is 9.47 Å². The van der Waals surface area contributed by atoms with Crippen molar-refractivity contribution in [3.8, 4) is 33.6 Å². The van der Waals surface area contributed by atoms with Crippen LogP contribution in [0.25, 0.3) is 27.6 Å². The van der Waals surface area contributed by atoms with Crippen molar-refractivity contribution in [2.24, 2.45) is 0 Å². The lowest BCUT2D eigenvalue weighted by Crippen LogP contribution is -2.28. The fourth-order valence-corrected chi connectivity index (χ4v) is 4.47. The summed E-state index contributed by atoms with van der Waals surface area (Å²) in [7, 11) is 1.62. The van der Waals surface area contributed by atoms with E-state index in [0.29, 0.717) is 34.5 Å². The van der Waals surface area contributed by atoms with E-state index in [0.717, 1.165) is 21.9 Å². The number of thiazole rings is 1. The van der Waals surface area contributed by atoms with Crippen LogP contribution in [0.15, 0.2) is 66.7 Å². The summed E-state index contributed by atoms with van der Waals surface area (Å²) in [6.45, 7) is 2.42. The number of carbonyl (C=O) groups is 1. The molecule has 0 atom stereocenters. The van der Waals surface area contributed by atoms with E-state index in [1.807, 2.05) is 61.5 Å². The van der Waals surface area contributed by atoms with E-state index in [2.05, 4.69) is 25.6 Å². The molecule has 0 spiro atoms. The van der Waals surface area contributed by atoms with Gasteiger partial charge < -0.3 is 14.8 Å². The zero-order valence-corrected chi connectivity index (χ0v) is 20.0. The number of rotatable bonds is 8. The minimum Gasteiger partial charge on any atom is -0.497 e. The van der Waals surface area contributed by atoms with Crippen molar-refractivity contribution in [1.82, 2.24) is 30.1 Å². The van der Waals surface area contributed by atoms with Crippen molar-refractivity contribution in [1.29, 1.82) is 0 Å². The number of aromatic nitrogens is 5. The normalized spacial score (nSPS) is 10.9. The van der Waals surface area contributed by atoms with Gasteiger partial charge in [-0.05, 0) is 37.3 Å². The highest BCUT2D eigenvalue weighted by atomic mass is 32.1. The average molecular weight is 487 g/mol. The number of amides is 1. The van der Waals surface area contributed by atoms with Crippen LogP contribution < -0.4 is 14.8 Å². The summed E-state index contributed by atoms with van der Waals surface area (Å²) in [5, 5.41) is 16.6. The zero-order valence-electron chi connectivity index (χ0n) is 19.1. The maximum absolute atomic E-state index is 12.7. The van der Waals surface area contributed by atoms with Gasteiger partial charge in [-0.15, -0.1) is 26.6 Å². The van der Waals surface area contributed by atoms with Crippen LogP contribution in [-0.2, 0) is 0 Å². The Kier molecular flexibility index (Phi) is 6.36. The predicted octanol–water partition coefficient (Wildman–Crippen LogP) is 4.04. The quantitative estimate of drug-likeness (QED) is 0.330. The number of methoxy groups -OCH3 is 1. The summed E-state index contributed by atoms with van der Waals surface area (Å²) in [6.07, 6.45) is 0. The molecule has 0 radical (unpaired) electrons. The monoisotopic (exact) mass is 486 g/mol. The van der Waals surface area contributed by atoms with Gasteiger partial charge in [-0.1, -0.05) is 30.3 Å². The molecule has 0 saturated carbocycles. The molecule has 35 heavy (non-hydrogen) atoms. The molecule has 3 aromatic heterocycles. The lowest BCUT2D eigenvalue weighted by atomic mass is 10.2. The van der Waals surface area contributed by atoms with E-state index < -0.39 is 0 Å². The first-order valence-corrected chi connectivity index (χ1v) is 11.7. The second-order valence-electron chi connectivity index (χ2n) is 7.60. The van der Waals surface area contributed by atoms with Crippen molar-refractivity contribution in [2.45, 2.75) is 6.92 Å². The van der Waals surface area contributed by atoms with E-state index in [9.17, 15) is 4.79 Å². The van der Waals surface area contributed by atoms with Gasteiger partial charge in [-0.25, -0.2) is 4.98 Å². The fourth-order valence-electron chi connectivity index (χ4n) is 3.48. The van der Waals surface area contributed by atoms with E-state index in [-0.39, 0.29) is 12.5 Å². The number of aryl methyl sites for hydroxylation is 1. The third kappa shape index (κ3) is 4.82. The topological polar surface area (TPSA) is 104 Å². The number of hydrogen-bond donors (Lipinski definition) is 1. The number of carbonyl (C=O) groups excluding carboxylic acids is 1. The number of nitrogens with zero attached hydrogens (tertiary/aromatic N) is 5. The Bertz CT molecular complexity index is 1460. The Balaban J connectivity index is 1.21. The van der Waals surface area contributed by atoms with Gasteiger partial charge in [0.25, 0.3) is 5.91 Å². The largest absolute Gasteiger partial charge is 0.497 e. The highest BCUT2D eigenvalue weighted by Gasteiger charge is 2.16. The first-order valence-electron chi connectivity index (χ1n) is 10.9. The molecule has 1 amide bonds. The SMILES string of the molecule is COc1ccc(-c2nnc3ccc(OCCNC(=O)c4sc(-c5ccccc5)nc4C)nn23)cc1. The summed E-state index contributed by atoms with van der Waals surface area (Å²) in [5.41, 5.74) is 3.15. The number of ether oxygens (including phenoxy) is 2. The molecule has 0 saturated heterocycles. The van der Waals surface area contributed by atoms with Gasteiger partial charge in [0.15, 0.2) is 11.5 Å². The van der Waals surface area contributed by atoms with E-state index >= 15 is 0 Å². The number of hydrogen-bond acceptors (Lipinski definition) is 8. The first kappa shape index (κ1) is 22.5. The molecule has 2 aromatic carbocycles. The lowest BCUT2D eigenvalue weighted by molar-refractivity contribution is 0.0949. The van der Waals surface area contributed by atoms with Crippen LogP contribution in [-0.4, -0.2) is 51.0 Å². The van der Waals surface area contributed by atoms with Crippen LogP contribution >= 0.6 is 11.3 Å². The molecule has 5 aromatic rings. The summed E-state index contributed by atoms with van der Waals surface area (Å²) in [4.78, 5) is 17.8. The van der Waals surface area contributed by atoms with Gasteiger partial charge in [0.2, 0.25) is 5.88 Å². The number of benzene rings is 2. The van der Waals surface area contributed by atoms with Gasteiger partial charge in [0.1, 0.15) is 22.2 Å². The summed E-state index contributed by atoms with van der Waals surface area (Å²) in [5.74, 6) is 1.58. The molecule has 1 N–H and O–H groups in total. The third-order valence-corrected chi connectivity index (χ3v) is 6.45. The van der Waals surface area contributed by atoms with Gasteiger partial charge >= 0.3 is 0 Å². The molecule has 0 unspecified atom stereocenters. The second-order valence-corrected chi connectivity index (χ2v) is 8.60. The molecule has 176 valence electrons. The number of fused-ring (bicyclic) bond motifs is 1. The van der Waals surface area contributed by atoms with Crippen molar-refractivity contribution < 1.29 is 14.3 Å². The van der Waals surface area contributed by atoms with Crippen LogP contribution in [0.4, 0.5) is 0 Å².